The molecule has 0 N–H and O–H groups in total. The van der Waals surface area contributed by atoms with E-state index in [0.717, 1.165) is 24.1 Å². The van der Waals surface area contributed by atoms with Gasteiger partial charge in [-0.25, -0.2) is 8.78 Å². The van der Waals surface area contributed by atoms with Gasteiger partial charge in [-0.1, -0.05) is 19.1 Å². The van der Waals surface area contributed by atoms with Crippen molar-refractivity contribution in [1.82, 2.24) is 0 Å². The van der Waals surface area contributed by atoms with Crippen LogP contribution in [0.15, 0.2) is 30.3 Å². The quantitative estimate of drug-likeness (QED) is 0.641. The van der Waals surface area contributed by atoms with Crippen LogP contribution in [0.1, 0.15) is 41.5 Å². The first-order chi connectivity index (χ1) is 11.8. The summed E-state index contributed by atoms with van der Waals surface area (Å²) in [7, 11) is 0. The highest BCUT2D eigenvalue weighted by atomic mass is 19.4. The molecule has 0 heterocycles. The van der Waals surface area contributed by atoms with Crippen LogP contribution in [-0.2, 0) is 19.3 Å². The van der Waals surface area contributed by atoms with E-state index in [4.69, 9.17) is 0 Å². The summed E-state index contributed by atoms with van der Waals surface area (Å²) in [5, 5.41) is 0. The number of hydrogen-bond acceptors (Lipinski definition) is 1. The van der Waals surface area contributed by atoms with Crippen LogP contribution >= 0.6 is 0 Å². The Morgan fingerprint density at radius 3 is 2.44 bits per heavy atom. The van der Waals surface area contributed by atoms with Crippen LogP contribution in [-0.4, -0.2) is 6.36 Å². The Balaban J connectivity index is 1.86. The highest BCUT2D eigenvalue weighted by molar-refractivity contribution is 5.41. The fourth-order valence-electron chi connectivity index (χ4n) is 3.35. The minimum absolute atomic E-state index is 0.118. The molecule has 1 aliphatic carbocycles. The van der Waals surface area contributed by atoms with E-state index in [1.54, 1.807) is 6.07 Å². The lowest BCUT2D eigenvalue weighted by Gasteiger charge is -2.26. The Bertz CT molecular complexity index is 782. The molecule has 1 unspecified atom stereocenters. The Labute approximate surface area is 142 Å². The zero-order valence-corrected chi connectivity index (χ0v) is 13.6. The van der Waals surface area contributed by atoms with Gasteiger partial charge in [0, 0.05) is 0 Å². The summed E-state index contributed by atoms with van der Waals surface area (Å²) in [5.74, 6) is -2.28. The SMILES string of the molecule is CCc1ccc(C2CCc3cc(OC(F)(F)F)c(F)cc3C2)c(F)c1. The second-order valence-electron chi connectivity index (χ2n) is 6.25. The third-order valence-electron chi connectivity index (χ3n) is 4.62. The summed E-state index contributed by atoms with van der Waals surface area (Å²) in [6, 6.07) is 7.30. The van der Waals surface area contributed by atoms with Gasteiger partial charge in [-0.15, -0.1) is 13.2 Å². The predicted molar refractivity (Wildman–Crippen MR) is 83.6 cm³/mol. The third kappa shape index (κ3) is 3.94. The maximum Gasteiger partial charge on any atom is 0.573 e. The predicted octanol–water partition coefficient (Wildman–Crippen LogP) is 5.70. The molecule has 0 amide bonds. The molecule has 1 nitrogen and oxygen atoms in total. The number of benzene rings is 2. The standard InChI is InChI=1S/C19H17F5O/c1-2-11-3-6-15(16(20)7-11)13-5-4-12-10-18(25-19(22,23)24)17(21)9-14(12)8-13/h3,6-7,9-10,13H,2,4-5,8H2,1H3. The van der Waals surface area contributed by atoms with Crippen LogP contribution in [0.3, 0.4) is 0 Å². The highest BCUT2D eigenvalue weighted by Gasteiger charge is 2.33. The zero-order valence-electron chi connectivity index (χ0n) is 13.6. The first kappa shape index (κ1) is 17.7. The van der Waals surface area contributed by atoms with Gasteiger partial charge in [-0.2, -0.15) is 0 Å². The summed E-state index contributed by atoms with van der Waals surface area (Å²) in [6.07, 6.45) is -2.77. The van der Waals surface area contributed by atoms with Crippen LogP contribution in [0.2, 0.25) is 0 Å². The summed E-state index contributed by atoms with van der Waals surface area (Å²) >= 11 is 0. The summed E-state index contributed by atoms with van der Waals surface area (Å²) < 4.78 is 68.9. The number of aryl methyl sites for hydroxylation is 2. The van der Waals surface area contributed by atoms with Crippen molar-refractivity contribution in [1.29, 1.82) is 0 Å². The van der Waals surface area contributed by atoms with Crippen LogP contribution in [0.4, 0.5) is 22.0 Å². The van der Waals surface area contributed by atoms with Crippen molar-refractivity contribution < 1.29 is 26.7 Å². The lowest BCUT2D eigenvalue weighted by atomic mass is 9.79. The summed E-state index contributed by atoms with van der Waals surface area (Å²) in [4.78, 5) is 0. The Hall–Kier alpha value is -2.11. The number of alkyl halides is 3. The van der Waals surface area contributed by atoms with E-state index < -0.39 is 17.9 Å². The summed E-state index contributed by atoms with van der Waals surface area (Å²) in [5.41, 5.74) is 2.68. The van der Waals surface area contributed by atoms with Gasteiger partial charge in [0.15, 0.2) is 11.6 Å². The topological polar surface area (TPSA) is 9.23 Å². The highest BCUT2D eigenvalue weighted by Crippen LogP contribution is 2.37. The molecule has 0 bridgehead atoms. The molecule has 0 aromatic heterocycles. The molecule has 0 saturated carbocycles. The molecule has 2 aromatic rings. The van der Waals surface area contributed by atoms with Gasteiger partial charge in [0.1, 0.15) is 5.82 Å². The van der Waals surface area contributed by atoms with Gasteiger partial charge in [-0.3, -0.25) is 0 Å². The first-order valence-electron chi connectivity index (χ1n) is 8.12. The Morgan fingerprint density at radius 2 is 1.80 bits per heavy atom. The van der Waals surface area contributed by atoms with Crippen molar-refractivity contribution in [2.24, 2.45) is 0 Å². The molecule has 0 spiro atoms. The van der Waals surface area contributed by atoms with E-state index in [1.807, 2.05) is 13.0 Å². The van der Waals surface area contributed by atoms with E-state index in [9.17, 15) is 22.0 Å². The molecule has 0 fully saturated rings. The molecule has 2 aromatic carbocycles. The van der Waals surface area contributed by atoms with Gasteiger partial charge in [0.05, 0.1) is 0 Å². The van der Waals surface area contributed by atoms with E-state index in [1.165, 1.54) is 6.07 Å². The minimum Gasteiger partial charge on any atom is -0.403 e. The molecule has 1 atom stereocenters. The maximum atomic E-state index is 14.3. The molecule has 0 aliphatic heterocycles. The largest absolute Gasteiger partial charge is 0.573 e. The van der Waals surface area contributed by atoms with Gasteiger partial charge in [0.2, 0.25) is 0 Å². The number of fused-ring (bicyclic) bond motifs is 1. The first-order valence-corrected chi connectivity index (χ1v) is 8.12. The van der Waals surface area contributed by atoms with Crippen LogP contribution < -0.4 is 4.74 Å². The fraction of sp³-hybridized carbons (Fsp3) is 0.368. The second-order valence-corrected chi connectivity index (χ2v) is 6.25. The molecular formula is C19H17F5O. The van der Waals surface area contributed by atoms with Gasteiger partial charge >= 0.3 is 6.36 Å². The zero-order chi connectivity index (χ0) is 18.2. The molecular weight excluding hydrogens is 339 g/mol. The van der Waals surface area contributed by atoms with Crippen molar-refractivity contribution >= 4 is 0 Å². The molecule has 134 valence electrons. The lowest BCUT2D eigenvalue weighted by Crippen LogP contribution is -2.19. The molecule has 25 heavy (non-hydrogen) atoms. The van der Waals surface area contributed by atoms with E-state index in [2.05, 4.69) is 4.74 Å². The average Bonchev–Trinajstić information content (AvgIpc) is 2.54. The number of ether oxygens (including phenoxy) is 1. The fourth-order valence-corrected chi connectivity index (χ4v) is 3.35. The Kier molecular flexibility index (Phi) is 4.71. The third-order valence-corrected chi connectivity index (χ3v) is 4.62. The van der Waals surface area contributed by atoms with E-state index >= 15 is 0 Å². The van der Waals surface area contributed by atoms with Crippen molar-refractivity contribution in [3.8, 4) is 5.75 Å². The van der Waals surface area contributed by atoms with E-state index in [0.29, 0.717) is 36.0 Å². The van der Waals surface area contributed by atoms with Crippen molar-refractivity contribution in [2.45, 2.75) is 44.9 Å². The van der Waals surface area contributed by atoms with Gasteiger partial charge in [-0.05, 0) is 72.1 Å². The normalized spacial score (nSPS) is 17.3. The van der Waals surface area contributed by atoms with Crippen molar-refractivity contribution in [2.75, 3.05) is 0 Å². The van der Waals surface area contributed by atoms with Crippen molar-refractivity contribution in [3.05, 3.63) is 64.2 Å². The average molecular weight is 356 g/mol. The molecule has 3 rings (SSSR count). The lowest BCUT2D eigenvalue weighted by molar-refractivity contribution is -0.275. The molecule has 0 saturated heterocycles. The van der Waals surface area contributed by atoms with Gasteiger partial charge < -0.3 is 4.74 Å². The van der Waals surface area contributed by atoms with Gasteiger partial charge in [0.25, 0.3) is 0 Å². The number of rotatable bonds is 3. The molecule has 0 radical (unpaired) electrons. The number of halogens is 5. The van der Waals surface area contributed by atoms with Crippen LogP contribution in [0.5, 0.6) is 5.75 Å². The smallest absolute Gasteiger partial charge is 0.403 e. The maximum absolute atomic E-state index is 14.3. The molecule has 1 aliphatic rings. The monoisotopic (exact) mass is 356 g/mol. The summed E-state index contributed by atoms with van der Waals surface area (Å²) in [6.45, 7) is 1.94. The minimum atomic E-state index is -4.93. The van der Waals surface area contributed by atoms with E-state index in [-0.39, 0.29) is 11.7 Å². The second kappa shape index (κ2) is 6.65. The molecule has 6 heteroatoms. The van der Waals surface area contributed by atoms with Crippen molar-refractivity contribution in [3.63, 3.8) is 0 Å². The van der Waals surface area contributed by atoms with Crippen LogP contribution in [0.25, 0.3) is 0 Å². The number of hydrogen-bond donors (Lipinski definition) is 0. The Morgan fingerprint density at radius 1 is 1.04 bits per heavy atom. The van der Waals surface area contributed by atoms with Crippen LogP contribution in [0, 0.1) is 11.6 Å².